The van der Waals surface area contributed by atoms with E-state index in [9.17, 15) is 39.6 Å². The lowest BCUT2D eigenvalue weighted by Crippen LogP contribution is -2.43. The van der Waals surface area contributed by atoms with E-state index < -0.39 is 64.7 Å². The molecule has 4 atom stereocenters. The number of ketones is 2. The molecule has 12 nitrogen and oxygen atoms in total. The lowest BCUT2D eigenvalue weighted by atomic mass is 9.86. The quantitative estimate of drug-likeness (QED) is 0.188. The maximum Gasteiger partial charge on any atom is 0.305 e. The molecule has 1 aliphatic heterocycles. The smallest absolute Gasteiger partial charge is 0.305 e. The van der Waals surface area contributed by atoms with Gasteiger partial charge in [0.1, 0.15) is 28.9 Å². The molecule has 264 valence electrons. The number of allylic oxidation sites excluding steroid dienone is 1. The van der Waals surface area contributed by atoms with Crippen molar-refractivity contribution >= 4 is 35.2 Å². The summed E-state index contributed by atoms with van der Waals surface area (Å²) in [6, 6.07) is 3.63. The average molecular weight is 688 g/mol. The van der Waals surface area contributed by atoms with Gasteiger partial charge >= 0.3 is 5.97 Å². The third-order valence-corrected chi connectivity index (χ3v) is 10.9. The van der Waals surface area contributed by atoms with E-state index in [1.165, 1.54) is 6.07 Å². The van der Waals surface area contributed by atoms with E-state index in [1.54, 1.807) is 49.8 Å². The first-order chi connectivity index (χ1) is 22.9. The van der Waals surface area contributed by atoms with Gasteiger partial charge in [-0.1, -0.05) is 31.9 Å². The molecule has 0 aromatic heterocycles. The number of esters is 1. The van der Waals surface area contributed by atoms with Crippen molar-refractivity contribution in [1.82, 2.24) is 15.1 Å². The standard InChI is InChI=1S/C35H49N3O9S/c1-4-29(42)47-22-16-21(19-48-23-10-5-6-11-23)24-12-9-13-26(39)30(24)27(40)18-28(41)33(44)34(45)31(32(43)25(17-22)37(2)3)35(46)36-20-38-14-7-8-15-38/h9,12-13,18,21-23,25,33,39,41,43-44H,4-8,10-11,14-17,19-20H2,1-3H3,(H,36,46)/b28-18-,32-31-/t21-,22-,25-,33-/m0/s1. The first-order valence-electron chi connectivity index (χ1n) is 16.8. The Bertz CT molecular complexity index is 1400. The molecule has 0 spiro atoms. The topological polar surface area (TPSA) is 177 Å². The maximum absolute atomic E-state index is 13.7. The number of phenols is 1. The zero-order chi connectivity index (χ0) is 35.0. The summed E-state index contributed by atoms with van der Waals surface area (Å²) in [7, 11) is 3.28. The second-order valence-corrected chi connectivity index (χ2v) is 14.4. The number of thioether (sulfide) groups is 1. The number of carbonyl (C=O) groups is 4. The molecular weight excluding hydrogens is 638 g/mol. The summed E-state index contributed by atoms with van der Waals surface area (Å²) >= 11 is 1.75. The Morgan fingerprint density at radius 2 is 1.73 bits per heavy atom. The van der Waals surface area contributed by atoms with Crippen LogP contribution >= 0.6 is 11.8 Å². The Morgan fingerprint density at radius 1 is 1.04 bits per heavy atom. The number of rotatable bonds is 9. The van der Waals surface area contributed by atoms with Crippen LogP contribution in [-0.4, -0.2) is 117 Å². The molecular formula is C35H49N3O9S. The van der Waals surface area contributed by atoms with Crippen LogP contribution in [0.2, 0.25) is 0 Å². The number of aliphatic hydroxyl groups excluding tert-OH is 3. The number of likely N-dealkylation sites (tertiary alicyclic amines) is 1. The van der Waals surface area contributed by atoms with Gasteiger partial charge in [-0.2, -0.15) is 11.8 Å². The minimum atomic E-state index is -2.37. The van der Waals surface area contributed by atoms with Crippen LogP contribution in [0.1, 0.15) is 86.6 Å². The average Bonchev–Trinajstić information content (AvgIpc) is 3.78. The number of nitrogens with one attached hydrogen (secondary N) is 1. The number of carbonyl (C=O) groups excluding carboxylic acids is 4. The monoisotopic (exact) mass is 687 g/mol. The number of hydrogen-bond acceptors (Lipinski definition) is 12. The second-order valence-electron chi connectivity index (χ2n) is 13.0. The van der Waals surface area contributed by atoms with Gasteiger partial charge in [-0.3, -0.25) is 29.0 Å². The first kappa shape index (κ1) is 37.4. The molecule has 3 aliphatic rings. The van der Waals surface area contributed by atoms with Crippen molar-refractivity contribution in [3.05, 3.63) is 52.5 Å². The molecule has 0 unspecified atom stereocenters. The van der Waals surface area contributed by atoms with Crippen molar-refractivity contribution in [2.24, 2.45) is 0 Å². The molecule has 1 saturated carbocycles. The number of phenolic OH excluding ortho intramolecular Hbond substituents is 1. The first-order valence-corrected chi connectivity index (χ1v) is 17.9. The lowest BCUT2D eigenvalue weighted by Gasteiger charge is -2.32. The van der Waals surface area contributed by atoms with E-state index in [0.717, 1.165) is 51.6 Å². The fourth-order valence-electron chi connectivity index (χ4n) is 6.64. The van der Waals surface area contributed by atoms with Crippen LogP contribution in [0.4, 0.5) is 0 Å². The number of hydrogen-bond donors (Lipinski definition) is 5. The van der Waals surface area contributed by atoms with E-state index in [4.69, 9.17) is 4.74 Å². The van der Waals surface area contributed by atoms with Crippen LogP contribution < -0.4 is 5.32 Å². The van der Waals surface area contributed by atoms with Crippen LogP contribution in [0.15, 0.2) is 41.4 Å². The number of aliphatic hydroxyl groups is 3. The van der Waals surface area contributed by atoms with Crippen LogP contribution in [0, 0.1) is 0 Å². The fourth-order valence-corrected chi connectivity index (χ4v) is 8.13. The highest BCUT2D eigenvalue weighted by molar-refractivity contribution is 7.99. The number of likely N-dealkylation sites (N-methyl/N-ethyl adjacent to an activating group) is 1. The minimum absolute atomic E-state index is 0.0363. The molecule has 0 bridgehead atoms. The predicted molar refractivity (Wildman–Crippen MR) is 182 cm³/mol. The van der Waals surface area contributed by atoms with E-state index in [-0.39, 0.29) is 37.2 Å². The van der Waals surface area contributed by atoms with Crippen molar-refractivity contribution in [3.63, 3.8) is 0 Å². The Morgan fingerprint density at radius 3 is 2.38 bits per heavy atom. The summed E-state index contributed by atoms with van der Waals surface area (Å²) in [4.78, 5) is 57.3. The molecule has 1 aromatic rings. The van der Waals surface area contributed by atoms with E-state index in [2.05, 4.69) is 5.32 Å². The van der Waals surface area contributed by atoms with Crippen LogP contribution in [0.3, 0.4) is 0 Å². The van der Waals surface area contributed by atoms with Gasteiger partial charge in [0.15, 0.2) is 11.9 Å². The van der Waals surface area contributed by atoms with Crippen LogP contribution in [-0.2, 0) is 19.1 Å². The van der Waals surface area contributed by atoms with Gasteiger partial charge in [0.2, 0.25) is 5.78 Å². The van der Waals surface area contributed by atoms with Crippen molar-refractivity contribution in [2.45, 2.75) is 94.1 Å². The van der Waals surface area contributed by atoms with Gasteiger partial charge in [-0.05, 0) is 76.8 Å². The zero-order valence-corrected chi connectivity index (χ0v) is 28.8. The van der Waals surface area contributed by atoms with Gasteiger partial charge < -0.3 is 30.5 Å². The van der Waals surface area contributed by atoms with Gasteiger partial charge in [-0.15, -0.1) is 0 Å². The molecule has 0 radical (unpaired) electrons. The minimum Gasteiger partial charge on any atom is -0.510 e. The van der Waals surface area contributed by atoms with Gasteiger partial charge in [0, 0.05) is 29.9 Å². The SMILES string of the molecule is CCC(=O)O[C@H]1C[C@@H](CSC2CCCC2)c2cccc(O)c2C(=O)/C=C(\O)[C@H](O)C(=O)/C(C(=O)NCN2CCCC2)=C(/O)[C@@H](N(C)C)C1. The third-order valence-electron chi connectivity index (χ3n) is 9.35. The molecule has 1 heterocycles. The number of Topliss-reactive ketones (excluding diaryl/α,β-unsaturated/α-hetero) is 1. The lowest BCUT2D eigenvalue weighted by molar-refractivity contribution is -0.150. The highest BCUT2D eigenvalue weighted by Crippen LogP contribution is 2.39. The number of fused-ring (bicyclic) bond motifs is 1. The number of benzene rings is 1. The van der Waals surface area contributed by atoms with Crippen molar-refractivity contribution < 1.29 is 44.3 Å². The largest absolute Gasteiger partial charge is 0.510 e. The number of aromatic hydroxyl groups is 1. The predicted octanol–water partition coefficient (Wildman–Crippen LogP) is 3.73. The zero-order valence-electron chi connectivity index (χ0n) is 28.0. The van der Waals surface area contributed by atoms with Crippen molar-refractivity contribution in [1.29, 1.82) is 0 Å². The van der Waals surface area contributed by atoms with E-state index in [0.29, 0.717) is 22.6 Å². The molecule has 1 saturated heterocycles. The Balaban J connectivity index is 1.85. The van der Waals surface area contributed by atoms with Gasteiger partial charge in [0.25, 0.3) is 5.91 Å². The maximum atomic E-state index is 13.7. The number of ether oxygens (including phenoxy) is 1. The van der Waals surface area contributed by atoms with Crippen LogP contribution in [0.5, 0.6) is 5.75 Å². The molecule has 2 fully saturated rings. The molecule has 1 amide bonds. The normalized spacial score (nSPS) is 27.7. The molecule has 1 aromatic carbocycles. The molecule has 48 heavy (non-hydrogen) atoms. The number of nitrogens with zero attached hydrogens (tertiary/aromatic N) is 2. The third kappa shape index (κ3) is 9.40. The van der Waals surface area contributed by atoms with Gasteiger partial charge in [0.05, 0.1) is 18.3 Å². The van der Waals surface area contributed by atoms with Crippen LogP contribution in [0.25, 0.3) is 0 Å². The highest BCUT2D eigenvalue weighted by atomic mass is 32.2. The molecule has 4 rings (SSSR count). The Kier molecular flexibility index (Phi) is 13.5. The Labute approximate surface area is 286 Å². The Hall–Kier alpha value is -3.39. The summed E-state index contributed by atoms with van der Waals surface area (Å²) in [6.45, 7) is 3.24. The van der Waals surface area contributed by atoms with Crippen molar-refractivity contribution in [2.75, 3.05) is 39.6 Å². The van der Waals surface area contributed by atoms with Crippen molar-refractivity contribution in [3.8, 4) is 5.75 Å². The van der Waals surface area contributed by atoms with E-state index in [1.807, 2.05) is 4.90 Å². The molecule has 2 aliphatic carbocycles. The van der Waals surface area contributed by atoms with Gasteiger partial charge in [-0.25, -0.2) is 0 Å². The summed E-state index contributed by atoms with van der Waals surface area (Å²) in [5.41, 5.74) is -0.417. The number of amides is 1. The van der Waals surface area contributed by atoms with E-state index >= 15 is 0 Å². The second kappa shape index (κ2) is 17.3. The summed E-state index contributed by atoms with van der Waals surface area (Å²) in [5, 5.41) is 47.6. The molecule has 13 heteroatoms. The summed E-state index contributed by atoms with van der Waals surface area (Å²) in [6.07, 6.45) is 3.98. The molecule has 5 N–H and O–H groups in total. The highest BCUT2D eigenvalue weighted by Gasteiger charge is 2.38. The summed E-state index contributed by atoms with van der Waals surface area (Å²) in [5.74, 6) is -5.56. The summed E-state index contributed by atoms with van der Waals surface area (Å²) < 4.78 is 5.93. The fraction of sp³-hybridized carbons (Fsp3) is 0.600.